The zero-order chi connectivity index (χ0) is 11.5. The Labute approximate surface area is 106 Å². The zero-order valence-corrected chi connectivity index (χ0v) is 11.0. The predicted molar refractivity (Wildman–Crippen MR) is 71.2 cm³/mol. The lowest BCUT2D eigenvalue weighted by Gasteiger charge is -2.28. The van der Waals surface area contributed by atoms with Gasteiger partial charge in [0, 0.05) is 32.2 Å². The van der Waals surface area contributed by atoms with Crippen LogP contribution in [-0.2, 0) is 0 Å². The fraction of sp³-hybridized carbons (Fsp3) is 1.00. The standard InChI is InChI=1S/C14H27N3/c1-2-7-16(8-3-1)9-10-17-11-13-5-4-6-15-14(13)12-17/h13-15H,1-12H2. The van der Waals surface area contributed by atoms with Gasteiger partial charge in [-0.05, 0) is 51.2 Å². The molecule has 98 valence electrons. The molecule has 2 atom stereocenters. The molecule has 0 aromatic rings. The van der Waals surface area contributed by atoms with Gasteiger partial charge < -0.3 is 15.1 Å². The number of piperidine rings is 2. The number of hydrogen-bond acceptors (Lipinski definition) is 3. The van der Waals surface area contributed by atoms with Gasteiger partial charge in [0.15, 0.2) is 0 Å². The number of fused-ring (bicyclic) bond motifs is 1. The summed E-state index contributed by atoms with van der Waals surface area (Å²) in [5.41, 5.74) is 0. The monoisotopic (exact) mass is 237 g/mol. The Hall–Kier alpha value is -0.120. The van der Waals surface area contributed by atoms with Gasteiger partial charge in [0.2, 0.25) is 0 Å². The van der Waals surface area contributed by atoms with Crippen molar-refractivity contribution in [1.29, 1.82) is 0 Å². The highest BCUT2D eigenvalue weighted by Gasteiger charge is 2.33. The van der Waals surface area contributed by atoms with Crippen molar-refractivity contribution >= 4 is 0 Å². The highest BCUT2D eigenvalue weighted by atomic mass is 15.2. The van der Waals surface area contributed by atoms with E-state index in [9.17, 15) is 0 Å². The lowest BCUT2D eigenvalue weighted by molar-refractivity contribution is 0.193. The SMILES string of the molecule is C1CCN(CCN2CC3CCCNC3C2)CC1. The normalized spacial score (nSPS) is 36.0. The van der Waals surface area contributed by atoms with Crippen LogP contribution in [0.15, 0.2) is 0 Å². The van der Waals surface area contributed by atoms with Crippen molar-refractivity contribution in [2.45, 2.75) is 38.1 Å². The minimum atomic E-state index is 0.810. The van der Waals surface area contributed by atoms with Gasteiger partial charge in [-0.25, -0.2) is 0 Å². The number of hydrogen-bond donors (Lipinski definition) is 1. The van der Waals surface area contributed by atoms with Crippen LogP contribution < -0.4 is 5.32 Å². The molecule has 1 N–H and O–H groups in total. The third-order valence-corrected chi connectivity index (χ3v) is 4.86. The summed E-state index contributed by atoms with van der Waals surface area (Å²) in [6, 6.07) is 0.810. The summed E-state index contributed by atoms with van der Waals surface area (Å²) >= 11 is 0. The minimum Gasteiger partial charge on any atom is -0.312 e. The number of likely N-dealkylation sites (tertiary alicyclic amines) is 2. The first-order chi connectivity index (χ1) is 8.42. The molecular formula is C14H27N3. The Balaban J connectivity index is 1.40. The highest BCUT2D eigenvalue weighted by Crippen LogP contribution is 2.24. The van der Waals surface area contributed by atoms with Gasteiger partial charge in [0.05, 0.1) is 0 Å². The van der Waals surface area contributed by atoms with Crippen molar-refractivity contribution in [3.63, 3.8) is 0 Å². The summed E-state index contributed by atoms with van der Waals surface area (Å²) in [4.78, 5) is 5.36. The molecule has 0 saturated carbocycles. The van der Waals surface area contributed by atoms with Crippen LogP contribution in [0, 0.1) is 5.92 Å². The molecule has 0 aliphatic carbocycles. The van der Waals surface area contributed by atoms with Crippen LogP contribution in [0.2, 0.25) is 0 Å². The molecule has 0 aromatic heterocycles. The van der Waals surface area contributed by atoms with Gasteiger partial charge >= 0.3 is 0 Å². The molecule has 3 saturated heterocycles. The van der Waals surface area contributed by atoms with Crippen LogP contribution in [0.4, 0.5) is 0 Å². The van der Waals surface area contributed by atoms with Crippen molar-refractivity contribution in [2.75, 3.05) is 45.8 Å². The summed E-state index contributed by atoms with van der Waals surface area (Å²) in [6.07, 6.45) is 7.15. The van der Waals surface area contributed by atoms with Crippen LogP contribution in [-0.4, -0.2) is 61.7 Å². The van der Waals surface area contributed by atoms with E-state index in [1.165, 1.54) is 77.9 Å². The summed E-state index contributed by atoms with van der Waals surface area (Å²) in [6.45, 7) is 9.21. The summed E-state index contributed by atoms with van der Waals surface area (Å²) < 4.78 is 0. The number of nitrogens with one attached hydrogen (secondary N) is 1. The van der Waals surface area contributed by atoms with Crippen LogP contribution in [0.1, 0.15) is 32.1 Å². The van der Waals surface area contributed by atoms with Gasteiger partial charge in [-0.3, -0.25) is 0 Å². The zero-order valence-electron chi connectivity index (χ0n) is 11.0. The van der Waals surface area contributed by atoms with Crippen LogP contribution >= 0.6 is 0 Å². The molecule has 0 bridgehead atoms. The van der Waals surface area contributed by atoms with E-state index in [2.05, 4.69) is 15.1 Å². The molecule has 0 radical (unpaired) electrons. The fourth-order valence-electron chi connectivity index (χ4n) is 3.78. The molecule has 3 aliphatic rings. The molecule has 3 nitrogen and oxygen atoms in total. The predicted octanol–water partition coefficient (Wildman–Crippen LogP) is 1.16. The first-order valence-electron chi connectivity index (χ1n) is 7.60. The summed E-state index contributed by atoms with van der Waals surface area (Å²) in [7, 11) is 0. The molecule has 0 spiro atoms. The second-order valence-electron chi connectivity index (χ2n) is 6.12. The Morgan fingerprint density at radius 1 is 0.882 bits per heavy atom. The van der Waals surface area contributed by atoms with E-state index in [4.69, 9.17) is 0 Å². The van der Waals surface area contributed by atoms with E-state index in [1.54, 1.807) is 0 Å². The Kier molecular flexibility index (Phi) is 3.99. The molecule has 0 aromatic carbocycles. The molecule has 3 heteroatoms. The summed E-state index contributed by atoms with van der Waals surface area (Å²) in [5, 5.41) is 3.69. The maximum atomic E-state index is 3.69. The van der Waals surface area contributed by atoms with E-state index in [1.807, 2.05) is 0 Å². The minimum absolute atomic E-state index is 0.810. The van der Waals surface area contributed by atoms with Crippen molar-refractivity contribution < 1.29 is 0 Å². The molecule has 3 rings (SSSR count). The van der Waals surface area contributed by atoms with Gasteiger partial charge in [0.1, 0.15) is 0 Å². The molecule has 2 unspecified atom stereocenters. The smallest absolute Gasteiger partial charge is 0.0235 e. The first-order valence-corrected chi connectivity index (χ1v) is 7.60. The van der Waals surface area contributed by atoms with Crippen LogP contribution in [0.5, 0.6) is 0 Å². The Morgan fingerprint density at radius 2 is 1.71 bits per heavy atom. The lowest BCUT2D eigenvalue weighted by atomic mass is 9.94. The molecule has 3 heterocycles. The molecule has 17 heavy (non-hydrogen) atoms. The van der Waals surface area contributed by atoms with Gasteiger partial charge in [-0.1, -0.05) is 6.42 Å². The van der Waals surface area contributed by atoms with Crippen molar-refractivity contribution in [1.82, 2.24) is 15.1 Å². The van der Waals surface area contributed by atoms with Crippen molar-refractivity contribution in [2.24, 2.45) is 5.92 Å². The van der Waals surface area contributed by atoms with Crippen LogP contribution in [0.25, 0.3) is 0 Å². The third-order valence-electron chi connectivity index (χ3n) is 4.86. The van der Waals surface area contributed by atoms with Gasteiger partial charge in [-0.15, -0.1) is 0 Å². The second kappa shape index (κ2) is 5.68. The van der Waals surface area contributed by atoms with Gasteiger partial charge in [0.25, 0.3) is 0 Å². The van der Waals surface area contributed by atoms with Crippen molar-refractivity contribution in [3.05, 3.63) is 0 Å². The fourth-order valence-corrected chi connectivity index (χ4v) is 3.78. The average molecular weight is 237 g/mol. The lowest BCUT2D eigenvalue weighted by Crippen LogP contribution is -2.41. The maximum Gasteiger partial charge on any atom is 0.0235 e. The van der Waals surface area contributed by atoms with E-state index >= 15 is 0 Å². The molecule has 0 amide bonds. The quantitative estimate of drug-likeness (QED) is 0.794. The van der Waals surface area contributed by atoms with E-state index < -0.39 is 0 Å². The maximum absolute atomic E-state index is 3.69. The Bertz CT molecular complexity index is 224. The molecule has 3 fully saturated rings. The molecular weight excluding hydrogens is 210 g/mol. The topological polar surface area (TPSA) is 18.5 Å². The van der Waals surface area contributed by atoms with E-state index in [-0.39, 0.29) is 0 Å². The van der Waals surface area contributed by atoms with Gasteiger partial charge in [-0.2, -0.15) is 0 Å². The molecule has 3 aliphatic heterocycles. The van der Waals surface area contributed by atoms with E-state index in [0.717, 1.165) is 12.0 Å². The Morgan fingerprint density at radius 3 is 2.53 bits per heavy atom. The second-order valence-corrected chi connectivity index (χ2v) is 6.12. The highest BCUT2D eigenvalue weighted by molar-refractivity contribution is 4.91. The summed E-state index contributed by atoms with van der Waals surface area (Å²) in [5.74, 6) is 0.949. The largest absolute Gasteiger partial charge is 0.312 e. The number of rotatable bonds is 3. The van der Waals surface area contributed by atoms with Crippen LogP contribution in [0.3, 0.4) is 0 Å². The third kappa shape index (κ3) is 3.01. The van der Waals surface area contributed by atoms with Crippen molar-refractivity contribution in [3.8, 4) is 0 Å². The number of nitrogens with zero attached hydrogens (tertiary/aromatic N) is 2. The van der Waals surface area contributed by atoms with E-state index in [0.29, 0.717) is 0 Å². The first kappa shape index (κ1) is 11.9. The average Bonchev–Trinajstić information content (AvgIpc) is 2.80.